The lowest BCUT2D eigenvalue weighted by atomic mass is 9.83. The zero-order valence-corrected chi connectivity index (χ0v) is 20.2. The third kappa shape index (κ3) is 5.37. The van der Waals surface area contributed by atoms with Crippen LogP contribution in [0, 0.1) is 11.8 Å². The van der Waals surface area contributed by atoms with Crippen molar-refractivity contribution in [1.82, 2.24) is 9.88 Å². The Hall–Kier alpha value is -2.48. The molecule has 3 heterocycles. The summed E-state index contributed by atoms with van der Waals surface area (Å²) in [7, 11) is 2.14. The summed E-state index contributed by atoms with van der Waals surface area (Å²) >= 11 is 6.44. The average Bonchev–Trinajstić information content (AvgIpc) is 3.06. The second-order valence-electron chi connectivity index (χ2n) is 9.49. The Morgan fingerprint density at radius 1 is 1.36 bits per heavy atom. The van der Waals surface area contributed by atoms with Gasteiger partial charge in [0.15, 0.2) is 0 Å². The standard InChI is InChI=1S/C25H32ClN5O2/c1-16-12-29-23(25(16,2)27)20-11-19(7-8-21(20)26)30-24(32)18-6-9-22(28-13-18)33-15-17-5-4-10-31(3)14-17/h6-9,11,13,16-17H,4-5,10,12,14-15,27H2,1-3H3,(H,30,32)/t16?,17-,25?/m1/s1. The van der Waals surface area contributed by atoms with Crippen LogP contribution in [0.25, 0.3) is 0 Å². The normalized spacial score (nSPS) is 25.5. The molecule has 1 aromatic carbocycles. The molecule has 7 nitrogen and oxygen atoms in total. The second kappa shape index (κ2) is 9.79. The summed E-state index contributed by atoms with van der Waals surface area (Å²) in [6, 6.07) is 8.81. The summed E-state index contributed by atoms with van der Waals surface area (Å²) in [5.41, 5.74) is 8.52. The Morgan fingerprint density at radius 2 is 2.18 bits per heavy atom. The van der Waals surface area contributed by atoms with E-state index >= 15 is 0 Å². The molecule has 176 valence electrons. The average molecular weight is 470 g/mol. The predicted octanol–water partition coefficient (Wildman–Crippen LogP) is 3.86. The van der Waals surface area contributed by atoms with Gasteiger partial charge in [0.1, 0.15) is 0 Å². The van der Waals surface area contributed by atoms with Crippen LogP contribution < -0.4 is 15.8 Å². The molecule has 3 atom stereocenters. The molecular weight excluding hydrogens is 438 g/mol. The Kier molecular flexibility index (Phi) is 7.02. The van der Waals surface area contributed by atoms with Crippen LogP contribution in [0.5, 0.6) is 5.88 Å². The fraction of sp³-hybridized carbons (Fsp3) is 0.480. The van der Waals surface area contributed by atoms with Gasteiger partial charge in [-0.15, -0.1) is 0 Å². The number of amides is 1. The number of carbonyl (C=O) groups excluding carboxylic acids is 1. The number of ether oxygens (including phenoxy) is 1. The highest BCUT2D eigenvalue weighted by Crippen LogP contribution is 2.32. The highest BCUT2D eigenvalue weighted by atomic mass is 35.5. The van der Waals surface area contributed by atoms with E-state index in [1.807, 2.05) is 13.0 Å². The minimum atomic E-state index is -0.570. The molecule has 2 aliphatic rings. The van der Waals surface area contributed by atoms with E-state index in [2.05, 4.69) is 34.2 Å². The second-order valence-corrected chi connectivity index (χ2v) is 9.90. The zero-order valence-electron chi connectivity index (χ0n) is 19.5. The lowest BCUT2D eigenvalue weighted by Gasteiger charge is -2.29. The summed E-state index contributed by atoms with van der Waals surface area (Å²) in [6.45, 7) is 7.52. The van der Waals surface area contributed by atoms with E-state index in [9.17, 15) is 4.79 Å². The van der Waals surface area contributed by atoms with Crippen molar-refractivity contribution < 1.29 is 9.53 Å². The summed E-state index contributed by atoms with van der Waals surface area (Å²) in [5.74, 6) is 1.00. The molecule has 0 aliphatic carbocycles. The topological polar surface area (TPSA) is 92.8 Å². The number of benzene rings is 1. The maximum atomic E-state index is 12.8. The Bertz CT molecular complexity index is 1040. The molecule has 0 radical (unpaired) electrons. The van der Waals surface area contributed by atoms with Gasteiger partial charge in [0, 0.05) is 47.5 Å². The summed E-state index contributed by atoms with van der Waals surface area (Å²) in [4.78, 5) is 24.0. The van der Waals surface area contributed by atoms with E-state index in [1.165, 1.54) is 19.0 Å². The first-order chi connectivity index (χ1) is 15.7. The molecule has 2 unspecified atom stereocenters. The molecule has 4 rings (SSSR count). The lowest BCUT2D eigenvalue weighted by Crippen LogP contribution is -2.48. The predicted molar refractivity (Wildman–Crippen MR) is 133 cm³/mol. The Morgan fingerprint density at radius 3 is 2.85 bits per heavy atom. The van der Waals surface area contributed by atoms with Crippen molar-refractivity contribution in [2.45, 2.75) is 32.2 Å². The first kappa shape index (κ1) is 23.7. The fourth-order valence-electron chi connectivity index (χ4n) is 4.40. The van der Waals surface area contributed by atoms with Crippen LogP contribution >= 0.6 is 11.6 Å². The molecule has 3 N–H and O–H groups in total. The first-order valence-electron chi connectivity index (χ1n) is 11.5. The molecule has 0 saturated carbocycles. The molecule has 1 fully saturated rings. The van der Waals surface area contributed by atoms with Crippen molar-refractivity contribution in [3.8, 4) is 5.88 Å². The van der Waals surface area contributed by atoms with Crippen LogP contribution in [0.3, 0.4) is 0 Å². The van der Waals surface area contributed by atoms with E-state index in [1.54, 1.807) is 24.3 Å². The SMILES string of the molecule is CC1CN=C(c2cc(NC(=O)c3ccc(OC[C@@H]4CCCN(C)C4)nc3)ccc2Cl)C1(C)N. The van der Waals surface area contributed by atoms with Crippen LogP contribution in [-0.4, -0.2) is 60.3 Å². The molecule has 8 heteroatoms. The first-order valence-corrected chi connectivity index (χ1v) is 11.8. The number of likely N-dealkylation sites (tertiary alicyclic amines) is 1. The number of hydrogen-bond acceptors (Lipinski definition) is 6. The zero-order chi connectivity index (χ0) is 23.6. The molecule has 33 heavy (non-hydrogen) atoms. The Labute approximate surface area is 200 Å². The minimum absolute atomic E-state index is 0.215. The quantitative estimate of drug-likeness (QED) is 0.670. The number of pyridine rings is 1. The lowest BCUT2D eigenvalue weighted by molar-refractivity contribution is 0.102. The molecule has 0 spiro atoms. The fourth-order valence-corrected chi connectivity index (χ4v) is 4.60. The van der Waals surface area contributed by atoms with Gasteiger partial charge in [0.05, 0.1) is 23.4 Å². The largest absolute Gasteiger partial charge is 0.477 e. The van der Waals surface area contributed by atoms with Crippen molar-refractivity contribution >= 4 is 28.9 Å². The molecule has 2 aromatic rings. The third-order valence-corrected chi connectivity index (χ3v) is 7.05. The van der Waals surface area contributed by atoms with Crippen LogP contribution in [0.2, 0.25) is 5.02 Å². The van der Waals surface area contributed by atoms with Gasteiger partial charge in [0.2, 0.25) is 5.88 Å². The van der Waals surface area contributed by atoms with Crippen LogP contribution in [0.15, 0.2) is 41.5 Å². The van der Waals surface area contributed by atoms with Crippen molar-refractivity contribution in [3.63, 3.8) is 0 Å². The number of hydrogen-bond donors (Lipinski definition) is 2. The molecule has 2 aliphatic heterocycles. The van der Waals surface area contributed by atoms with E-state index in [0.29, 0.717) is 41.2 Å². The number of carbonyl (C=O) groups is 1. The number of rotatable bonds is 6. The smallest absolute Gasteiger partial charge is 0.257 e. The van der Waals surface area contributed by atoms with Gasteiger partial charge in [-0.25, -0.2) is 4.98 Å². The summed E-state index contributed by atoms with van der Waals surface area (Å²) in [6.07, 6.45) is 3.90. The number of nitrogens with two attached hydrogens (primary N) is 1. The van der Waals surface area contributed by atoms with Gasteiger partial charge in [-0.2, -0.15) is 0 Å². The van der Waals surface area contributed by atoms with Gasteiger partial charge < -0.3 is 20.7 Å². The number of nitrogens with one attached hydrogen (secondary N) is 1. The molecule has 1 amide bonds. The minimum Gasteiger partial charge on any atom is -0.477 e. The van der Waals surface area contributed by atoms with Crippen molar-refractivity contribution in [2.75, 3.05) is 38.6 Å². The van der Waals surface area contributed by atoms with E-state index < -0.39 is 5.54 Å². The summed E-state index contributed by atoms with van der Waals surface area (Å²) in [5, 5.41) is 3.48. The maximum absolute atomic E-state index is 12.8. The van der Waals surface area contributed by atoms with Crippen LogP contribution in [-0.2, 0) is 0 Å². The van der Waals surface area contributed by atoms with Crippen LogP contribution in [0.1, 0.15) is 42.6 Å². The van der Waals surface area contributed by atoms with E-state index in [-0.39, 0.29) is 11.8 Å². The highest BCUT2D eigenvalue weighted by Gasteiger charge is 2.38. The monoisotopic (exact) mass is 469 g/mol. The van der Waals surface area contributed by atoms with E-state index in [4.69, 9.17) is 22.1 Å². The Balaban J connectivity index is 1.39. The molecule has 0 bridgehead atoms. The number of anilines is 1. The van der Waals surface area contributed by atoms with Gasteiger partial charge >= 0.3 is 0 Å². The third-order valence-electron chi connectivity index (χ3n) is 6.72. The number of aliphatic imine (C=N–C) groups is 1. The van der Waals surface area contributed by atoms with Gasteiger partial charge in [-0.1, -0.05) is 18.5 Å². The van der Waals surface area contributed by atoms with Gasteiger partial charge in [-0.05, 0) is 63.5 Å². The molecule has 1 aromatic heterocycles. The molecular formula is C25H32ClN5O2. The van der Waals surface area contributed by atoms with Crippen LogP contribution in [0.4, 0.5) is 5.69 Å². The summed E-state index contributed by atoms with van der Waals surface area (Å²) < 4.78 is 5.85. The maximum Gasteiger partial charge on any atom is 0.257 e. The van der Waals surface area contributed by atoms with Crippen molar-refractivity contribution in [1.29, 1.82) is 0 Å². The highest BCUT2D eigenvalue weighted by molar-refractivity contribution is 6.35. The number of piperidine rings is 1. The number of halogens is 1. The molecule has 1 saturated heterocycles. The number of nitrogens with zero attached hydrogens (tertiary/aromatic N) is 3. The number of aromatic nitrogens is 1. The van der Waals surface area contributed by atoms with Crippen molar-refractivity contribution in [2.24, 2.45) is 22.6 Å². The van der Waals surface area contributed by atoms with Crippen molar-refractivity contribution in [3.05, 3.63) is 52.7 Å². The van der Waals surface area contributed by atoms with Gasteiger partial charge in [-0.3, -0.25) is 9.79 Å². The van der Waals surface area contributed by atoms with E-state index in [0.717, 1.165) is 24.4 Å². The van der Waals surface area contributed by atoms with Gasteiger partial charge in [0.25, 0.3) is 5.91 Å².